The Morgan fingerprint density at radius 1 is 0.812 bits per heavy atom. The lowest BCUT2D eigenvalue weighted by atomic mass is 10.1. The van der Waals surface area contributed by atoms with Crippen LogP contribution in [0.5, 0.6) is 5.75 Å². The average Bonchev–Trinajstić information content (AvgIpc) is 3.31. The van der Waals surface area contributed by atoms with E-state index in [1.165, 1.54) is 0 Å². The number of nitrogens with one attached hydrogen (secondary N) is 2. The first-order valence-corrected chi connectivity index (χ1v) is 9.92. The Labute approximate surface area is 185 Å². The van der Waals surface area contributed by atoms with E-state index < -0.39 is 0 Å². The smallest absolute Gasteiger partial charge is 0.277 e. The first-order chi connectivity index (χ1) is 15.5. The SMILES string of the molecule is COc1ccc(C(=O)Nc2ccc(NC(=O)c3cc(-c4ccc(C)cc4)on3)cc2)cc1. The molecule has 4 aromatic rings. The van der Waals surface area contributed by atoms with Gasteiger partial charge in [0, 0.05) is 28.6 Å². The van der Waals surface area contributed by atoms with Gasteiger partial charge in [0.25, 0.3) is 11.8 Å². The predicted octanol–water partition coefficient (Wildman–Crippen LogP) is 5.16. The summed E-state index contributed by atoms with van der Waals surface area (Å²) >= 11 is 0. The molecule has 0 aliphatic carbocycles. The van der Waals surface area contributed by atoms with E-state index in [4.69, 9.17) is 9.26 Å². The molecular formula is C25H21N3O4. The first-order valence-electron chi connectivity index (χ1n) is 9.92. The number of hydrogen-bond donors (Lipinski definition) is 2. The molecule has 32 heavy (non-hydrogen) atoms. The zero-order chi connectivity index (χ0) is 22.5. The maximum absolute atomic E-state index is 12.5. The average molecular weight is 427 g/mol. The number of aryl methyl sites for hydroxylation is 1. The molecule has 0 spiro atoms. The number of rotatable bonds is 6. The third-order valence-electron chi connectivity index (χ3n) is 4.83. The van der Waals surface area contributed by atoms with E-state index in [-0.39, 0.29) is 17.5 Å². The maximum atomic E-state index is 12.5. The Hall–Kier alpha value is -4.39. The van der Waals surface area contributed by atoms with Gasteiger partial charge in [-0.1, -0.05) is 35.0 Å². The molecule has 7 heteroatoms. The van der Waals surface area contributed by atoms with Gasteiger partial charge < -0.3 is 19.9 Å². The standard InChI is InChI=1S/C25H21N3O4/c1-16-3-5-17(6-4-16)23-15-22(28-32-23)25(30)27-20-11-9-19(10-12-20)26-24(29)18-7-13-21(31-2)14-8-18/h3-15H,1-2H3,(H,26,29)(H,27,30). The minimum absolute atomic E-state index is 0.178. The molecular weight excluding hydrogens is 406 g/mol. The number of anilines is 2. The van der Waals surface area contributed by atoms with Crippen LogP contribution in [0.1, 0.15) is 26.4 Å². The molecule has 160 valence electrons. The number of methoxy groups -OCH3 is 1. The molecule has 0 fully saturated rings. The molecule has 0 radical (unpaired) electrons. The third kappa shape index (κ3) is 4.84. The van der Waals surface area contributed by atoms with Crippen LogP contribution in [0.15, 0.2) is 83.4 Å². The topological polar surface area (TPSA) is 93.5 Å². The van der Waals surface area contributed by atoms with Gasteiger partial charge >= 0.3 is 0 Å². The molecule has 2 N–H and O–H groups in total. The summed E-state index contributed by atoms with van der Waals surface area (Å²) in [6, 6.07) is 23.0. The molecule has 0 bridgehead atoms. The van der Waals surface area contributed by atoms with E-state index in [1.807, 2.05) is 31.2 Å². The van der Waals surface area contributed by atoms with Crippen LogP contribution >= 0.6 is 0 Å². The lowest BCUT2D eigenvalue weighted by Gasteiger charge is -2.08. The highest BCUT2D eigenvalue weighted by Crippen LogP contribution is 2.22. The van der Waals surface area contributed by atoms with Crippen LogP contribution in [0.3, 0.4) is 0 Å². The summed E-state index contributed by atoms with van der Waals surface area (Å²) in [5.74, 6) is 0.573. The molecule has 3 aromatic carbocycles. The van der Waals surface area contributed by atoms with Gasteiger partial charge in [-0.2, -0.15) is 0 Å². The van der Waals surface area contributed by atoms with Gasteiger partial charge in [0.1, 0.15) is 5.75 Å². The number of benzene rings is 3. The second kappa shape index (κ2) is 9.18. The minimum Gasteiger partial charge on any atom is -0.497 e. The summed E-state index contributed by atoms with van der Waals surface area (Å²) in [5.41, 5.74) is 3.84. The van der Waals surface area contributed by atoms with Crippen molar-refractivity contribution in [2.75, 3.05) is 17.7 Å². The van der Waals surface area contributed by atoms with E-state index in [0.29, 0.717) is 28.4 Å². The zero-order valence-electron chi connectivity index (χ0n) is 17.6. The molecule has 4 rings (SSSR count). The number of carbonyl (C=O) groups is 2. The van der Waals surface area contributed by atoms with E-state index in [9.17, 15) is 9.59 Å². The Morgan fingerprint density at radius 2 is 1.41 bits per heavy atom. The Kier molecular flexibility index (Phi) is 5.98. The molecule has 1 heterocycles. The second-order valence-electron chi connectivity index (χ2n) is 7.16. The summed E-state index contributed by atoms with van der Waals surface area (Å²) in [6.45, 7) is 2.00. The van der Waals surface area contributed by atoms with Crippen molar-refractivity contribution in [1.29, 1.82) is 0 Å². The van der Waals surface area contributed by atoms with Gasteiger partial charge in [-0.15, -0.1) is 0 Å². The fourth-order valence-corrected chi connectivity index (χ4v) is 3.01. The second-order valence-corrected chi connectivity index (χ2v) is 7.16. The number of carbonyl (C=O) groups excluding carboxylic acids is 2. The van der Waals surface area contributed by atoms with Crippen molar-refractivity contribution < 1.29 is 18.8 Å². The highest BCUT2D eigenvalue weighted by Gasteiger charge is 2.14. The van der Waals surface area contributed by atoms with Gasteiger partial charge in [0.05, 0.1) is 7.11 Å². The van der Waals surface area contributed by atoms with Crippen molar-refractivity contribution >= 4 is 23.2 Å². The maximum Gasteiger partial charge on any atom is 0.277 e. The van der Waals surface area contributed by atoms with E-state index >= 15 is 0 Å². The van der Waals surface area contributed by atoms with Crippen LogP contribution < -0.4 is 15.4 Å². The van der Waals surface area contributed by atoms with Crippen molar-refractivity contribution in [3.63, 3.8) is 0 Å². The molecule has 0 aliphatic heterocycles. The summed E-state index contributed by atoms with van der Waals surface area (Å²) < 4.78 is 10.4. The summed E-state index contributed by atoms with van der Waals surface area (Å²) in [7, 11) is 1.57. The monoisotopic (exact) mass is 427 g/mol. The van der Waals surface area contributed by atoms with Gasteiger partial charge in [-0.25, -0.2) is 0 Å². The summed E-state index contributed by atoms with van der Waals surface area (Å²) in [4.78, 5) is 24.9. The highest BCUT2D eigenvalue weighted by atomic mass is 16.5. The van der Waals surface area contributed by atoms with Crippen molar-refractivity contribution in [3.8, 4) is 17.1 Å². The van der Waals surface area contributed by atoms with Crippen LogP contribution in [0, 0.1) is 6.92 Å². The van der Waals surface area contributed by atoms with E-state index in [0.717, 1.165) is 11.1 Å². The highest BCUT2D eigenvalue weighted by molar-refractivity contribution is 6.05. The van der Waals surface area contributed by atoms with Crippen LogP contribution in [-0.2, 0) is 0 Å². The Morgan fingerprint density at radius 3 is 2.00 bits per heavy atom. The number of aromatic nitrogens is 1. The third-order valence-corrected chi connectivity index (χ3v) is 4.83. The molecule has 0 unspecified atom stereocenters. The van der Waals surface area contributed by atoms with Gasteiger partial charge in [0.15, 0.2) is 11.5 Å². The fourth-order valence-electron chi connectivity index (χ4n) is 3.01. The number of nitrogens with zero attached hydrogens (tertiary/aromatic N) is 1. The van der Waals surface area contributed by atoms with E-state index in [1.54, 1.807) is 61.7 Å². The molecule has 0 atom stereocenters. The minimum atomic E-state index is -0.387. The van der Waals surface area contributed by atoms with Gasteiger partial charge in [0.2, 0.25) is 0 Å². The predicted molar refractivity (Wildman–Crippen MR) is 122 cm³/mol. The van der Waals surface area contributed by atoms with Crippen molar-refractivity contribution in [1.82, 2.24) is 5.16 Å². The Balaban J connectivity index is 1.37. The number of ether oxygens (including phenoxy) is 1. The van der Waals surface area contributed by atoms with Crippen molar-refractivity contribution in [2.24, 2.45) is 0 Å². The first kappa shape index (κ1) is 20.9. The largest absolute Gasteiger partial charge is 0.497 e. The molecule has 1 aromatic heterocycles. The molecule has 0 saturated carbocycles. The molecule has 0 saturated heterocycles. The molecule has 0 aliphatic rings. The zero-order valence-corrected chi connectivity index (χ0v) is 17.6. The van der Waals surface area contributed by atoms with Crippen LogP contribution in [-0.4, -0.2) is 24.1 Å². The van der Waals surface area contributed by atoms with Crippen molar-refractivity contribution in [3.05, 3.63) is 95.7 Å². The van der Waals surface area contributed by atoms with Crippen LogP contribution in [0.4, 0.5) is 11.4 Å². The summed E-state index contributed by atoms with van der Waals surface area (Å²) in [6.07, 6.45) is 0. The van der Waals surface area contributed by atoms with E-state index in [2.05, 4.69) is 15.8 Å². The normalized spacial score (nSPS) is 10.4. The van der Waals surface area contributed by atoms with Crippen molar-refractivity contribution in [2.45, 2.75) is 6.92 Å². The summed E-state index contributed by atoms with van der Waals surface area (Å²) in [5, 5.41) is 9.44. The quantitative estimate of drug-likeness (QED) is 0.443. The fraction of sp³-hybridized carbons (Fsp3) is 0.0800. The lowest BCUT2D eigenvalue weighted by Crippen LogP contribution is -2.13. The van der Waals surface area contributed by atoms with Crippen LogP contribution in [0.2, 0.25) is 0 Å². The molecule has 7 nitrogen and oxygen atoms in total. The van der Waals surface area contributed by atoms with Gasteiger partial charge in [-0.05, 0) is 55.5 Å². The molecule has 2 amide bonds. The number of amides is 2. The Bertz CT molecular complexity index is 1230. The number of hydrogen-bond acceptors (Lipinski definition) is 5. The lowest BCUT2D eigenvalue weighted by molar-refractivity contribution is 0.101. The van der Waals surface area contributed by atoms with Crippen LogP contribution in [0.25, 0.3) is 11.3 Å². The van der Waals surface area contributed by atoms with Gasteiger partial charge in [-0.3, -0.25) is 9.59 Å².